The van der Waals surface area contributed by atoms with Crippen LogP contribution in [0, 0.1) is 11.3 Å². The standard InChI is InChI=1S/C30H28N4O3S/c1-37-28-10-12-29(13-11-28)38(35,36)34-21-26-16-24(18-31)9-14-30(26)33(20-25-8-5-15-32-19-25)22-27(34)17-23-6-3-2-4-7-23/h2-16,19,27H,17,20-22H2,1H3/t27-/m1/s1. The second-order valence-electron chi connectivity index (χ2n) is 9.27. The summed E-state index contributed by atoms with van der Waals surface area (Å²) in [7, 11) is -2.33. The number of sulfonamides is 1. The van der Waals surface area contributed by atoms with Gasteiger partial charge in [0.25, 0.3) is 0 Å². The molecule has 1 aromatic heterocycles. The summed E-state index contributed by atoms with van der Waals surface area (Å²) in [4.78, 5) is 6.67. The first-order valence-corrected chi connectivity index (χ1v) is 13.8. The Morgan fingerprint density at radius 2 is 1.76 bits per heavy atom. The van der Waals surface area contributed by atoms with E-state index >= 15 is 0 Å². The van der Waals surface area contributed by atoms with E-state index < -0.39 is 10.0 Å². The van der Waals surface area contributed by atoms with Gasteiger partial charge in [0.1, 0.15) is 5.75 Å². The Hall–Kier alpha value is -4.19. The fraction of sp³-hybridized carbons (Fsp3) is 0.200. The van der Waals surface area contributed by atoms with Crippen molar-refractivity contribution in [1.82, 2.24) is 9.29 Å². The highest BCUT2D eigenvalue weighted by atomic mass is 32.2. The number of methoxy groups -OCH3 is 1. The zero-order valence-electron chi connectivity index (χ0n) is 21.1. The summed E-state index contributed by atoms with van der Waals surface area (Å²) in [5.74, 6) is 0.590. The topological polar surface area (TPSA) is 86.5 Å². The van der Waals surface area contributed by atoms with Crippen LogP contribution in [0.1, 0.15) is 22.3 Å². The van der Waals surface area contributed by atoms with Crippen LogP contribution in [0.25, 0.3) is 0 Å². The summed E-state index contributed by atoms with van der Waals surface area (Å²) < 4.78 is 35.1. The molecule has 2 heterocycles. The van der Waals surface area contributed by atoms with E-state index in [9.17, 15) is 13.7 Å². The number of ether oxygens (including phenoxy) is 1. The van der Waals surface area contributed by atoms with Crippen molar-refractivity contribution >= 4 is 15.7 Å². The third kappa shape index (κ3) is 5.40. The number of rotatable bonds is 7. The van der Waals surface area contributed by atoms with Crippen LogP contribution in [-0.4, -0.2) is 37.4 Å². The van der Waals surface area contributed by atoms with Gasteiger partial charge in [-0.15, -0.1) is 0 Å². The lowest BCUT2D eigenvalue weighted by atomic mass is 10.1. The third-order valence-corrected chi connectivity index (χ3v) is 8.70. The van der Waals surface area contributed by atoms with Crippen molar-refractivity contribution in [3.05, 3.63) is 120 Å². The minimum absolute atomic E-state index is 0.153. The van der Waals surface area contributed by atoms with Crippen LogP contribution in [-0.2, 0) is 29.5 Å². The molecule has 1 aliphatic rings. The van der Waals surface area contributed by atoms with Crippen LogP contribution in [0.5, 0.6) is 5.75 Å². The van der Waals surface area contributed by atoms with E-state index in [-0.39, 0.29) is 17.5 Å². The third-order valence-electron chi connectivity index (χ3n) is 6.79. The molecule has 0 saturated heterocycles. The van der Waals surface area contributed by atoms with Crippen LogP contribution in [0.3, 0.4) is 0 Å². The zero-order chi connectivity index (χ0) is 26.5. The molecule has 0 saturated carbocycles. The quantitative estimate of drug-likeness (QED) is 0.346. The Bertz CT molecular complexity index is 1540. The molecule has 0 fully saturated rings. The van der Waals surface area contributed by atoms with Gasteiger partial charge in [-0.3, -0.25) is 4.98 Å². The summed E-state index contributed by atoms with van der Waals surface area (Å²) >= 11 is 0. The van der Waals surface area contributed by atoms with Crippen LogP contribution in [0.2, 0.25) is 0 Å². The van der Waals surface area contributed by atoms with Crippen molar-refractivity contribution < 1.29 is 13.2 Å². The first-order chi connectivity index (χ1) is 18.5. The van der Waals surface area contributed by atoms with Crippen LogP contribution < -0.4 is 9.64 Å². The van der Waals surface area contributed by atoms with Gasteiger partial charge in [-0.1, -0.05) is 36.4 Å². The fourth-order valence-electron chi connectivity index (χ4n) is 4.91. The number of aromatic nitrogens is 1. The summed E-state index contributed by atoms with van der Waals surface area (Å²) in [6.07, 6.45) is 4.10. The number of hydrogen-bond acceptors (Lipinski definition) is 6. The number of anilines is 1. The Balaban J connectivity index is 1.62. The maximum Gasteiger partial charge on any atom is 0.243 e. The molecule has 1 atom stereocenters. The Morgan fingerprint density at radius 3 is 2.45 bits per heavy atom. The van der Waals surface area contributed by atoms with Gasteiger partial charge in [-0.2, -0.15) is 9.57 Å². The average molecular weight is 525 g/mol. The highest BCUT2D eigenvalue weighted by molar-refractivity contribution is 7.89. The molecule has 4 aromatic rings. The van der Waals surface area contributed by atoms with E-state index in [1.54, 1.807) is 54.0 Å². The van der Waals surface area contributed by atoms with Gasteiger partial charge in [0, 0.05) is 43.8 Å². The minimum atomic E-state index is -3.88. The van der Waals surface area contributed by atoms with E-state index in [2.05, 4.69) is 16.0 Å². The molecule has 0 amide bonds. The first kappa shape index (κ1) is 25.5. The molecule has 7 nitrogen and oxygen atoms in total. The maximum absolute atomic E-state index is 14.2. The van der Waals surface area contributed by atoms with Gasteiger partial charge in [-0.25, -0.2) is 8.42 Å². The molecular formula is C30H28N4O3S. The molecule has 0 spiro atoms. The molecule has 1 aliphatic heterocycles. The summed E-state index contributed by atoms with van der Waals surface area (Å²) in [6.45, 7) is 1.19. The number of fused-ring (bicyclic) bond motifs is 1. The lowest BCUT2D eigenvalue weighted by Gasteiger charge is -2.32. The molecule has 0 N–H and O–H groups in total. The maximum atomic E-state index is 14.2. The van der Waals surface area contributed by atoms with E-state index in [0.717, 1.165) is 22.4 Å². The monoisotopic (exact) mass is 524 g/mol. The lowest BCUT2D eigenvalue weighted by Crippen LogP contribution is -2.45. The van der Waals surface area contributed by atoms with Crippen molar-refractivity contribution in [2.75, 3.05) is 18.6 Å². The van der Waals surface area contributed by atoms with Crippen LogP contribution in [0.15, 0.2) is 102 Å². The van der Waals surface area contributed by atoms with Gasteiger partial charge in [0.05, 0.1) is 23.6 Å². The van der Waals surface area contributed by atoms with Crippen LogP contribution >= 0.6 is 0 Å². The highest BCUT2D eigenvalue weighted by Crippen LogP contribution is 2.34. The number of nitriles is 1. The molecule has 0 aliphatic carbocycles. The zero-order valence-corrected chi connectivity index (χ0v) is 21.9. The smallest absolute Gasteiger partial charge is 0.243 e. The van der Waals surface area contributed by atoms with Crippen molar-refractivity contribution in [2.24, 2.45) is 0 Å². The molecule has 38 heavy (non-hydrogen) atoms. The Labute approximate surface area is 223 Å². The summed E-state index contributed by atoms with van der Waals surface area (Å²) in [6, 6.07) is 27.7. The van der Waals surface area contributed by atoms with Crippen molar-refractivity contribution in [3.63, 3.8) is 0 Å². The number of nitrogens with zero attached hydrogens (tertiary/aromatic N) is 4. The largest absolute Gasteiger partial charge is 0.497 e. The Kier molecular flexibility index (Phi) is 7.40. The molecule has 0 unspecified atom stereocenters. The normalized spacial score (nSPS) is 15.8. The van der Waals surface area contributed by atoms with E-state index in [1.165, 1.54) is 0 Å². The summed E-state index contributed by atoms with van der Waals surface area (Å²) in [5.41, 5.74) is 4.28. The molecule has 192 valence electrons. The molecule has 5 rings (SSSR count). The van der Waals surface area contributed by atoms with E-state index in [0.29, 0.717) is 30.8 Å². The molecule has 8 heteroatoms. The Morgan fingerprint density at radius 1 is 1.00 bits per heavy atom. The number of hydrogen-bond donors (Lipinski definition) is 0. The average Bonchev–Trinajstić information content (AvgIpc) is 3.10. The van der Waals surface area contributed by atoms with Gasteiger partial charge in [0.15, 0.2) is 0 Å². The van der Waals surface area contributed by atoms with Crippen molar-refractivity contribution in [3.8, 4) is 11.8 Å². The van der Waals surface area contributed by atoms with E-state index in [4.69, 9.17) is 4.74 Å². The molecule has 0 bridgehead atoms. The fourth-order valence-corrected chi connectivity index (χ4v) is 6.50. The van der Waals surface area contributed by atoms with Crippen LogP contribution in [0.4, 0.5) is 5.69 Å². The van der Waals surface area contributed by atoms with Gasteiger partial charge >= 0.3 is 0 Å². The molecule has 3 aromatic carbocycles. The predicted molar refractivity (Wildman–Crippen MR) is 146 cm³/mol. The second kappa shape index (κ2) is 11.1. The highest BCUT2D eigenvalue weighted by Gasteiger charge is 2.36. The second-order valence-corrected chi connectivity index (χ2v) is 11.2. The predicted octanol–water partition coefficient (Wildman–Crippen LogP) is 4.78. The molecule has 0 radical (unpaired) electrons. The SMILES string of the molecule is COc1ccc(S(=O)(=O)N2Cc3cc(C#N)ccc3N(Cc3cccnc3)C[C@H]2Cc2ccccc2)cc1. The minimum Gasteiger partial charge on any atom is -0.497 e. The van der Waals surface area contributed by atoms with Crippen molar-refractivity contribution in [1.29, 1.82) is 5.26 Å². The van der Waals surface area contributed by atoms with Crippen molar-refractivity contribution in [2.45, 2.75) is 30.4 Å². The van der Waals surface area contributed by atoms with E-state index in [1.807, 2.05) is 54.7 Å². The van der Waals surface area contributed by atoms with Gasteiger partial charge in [-0.05, 0) is 71.6 Å². The van der Waals surface area contributed by atoms with Gasteiger partial charge < -0.3 is 9.64 Å². The van der Waals surface area contributed by atoms with Gasteiger partial charge in [0.2, 0.25) is 10.0 Å². The summed E-state index contributed by atoms with van der Waals surface area (Å²) in [5, 5.41) is 9.59. The number of pyridine rings is 1. The lowest BCUT2D eigenvalue weighted by molar-refractivity contribution is 0.318. The first-order valence-electron chi connectivity index (χ1n) is 12.3. The number of benzene rings is 3. The molecular weight excluding hydrogens is 496 g/mol.